The SMILES string of the molecule is CN(C)CCCN1CC(=O)N2C(c3ccccc3)c3[nH]c4ccccc4c3C[C@@H]2C1=O. The van der Waals surface area contributed by atoms with E-state index in [4.69, 9.17) is 0 Å². The van der Waals surface area contributed by atoms with Crippen LogP contribution in [-0.4, -0.2) is 71.3 Å². The van der Waals surface area contributed by atoms with Gasteiger partial charge in [0.15, 0.2) is 0 Å². The lowest BCUT2D eigenvalue weighted by Crippen LogP contribution is -2.63. The summed E-state index contributed by atoms with van der Waals surface area (Å²) in [5, 5.41) is 1.14. The number of hydrogen-bond donors (Lipinski definition) is 1. The number of carbonyl (C=O) groups excluding carboxylic acids is 2. The summed E-state index contributed by atoms with van der Waals surface area (Å²) in [5.41, 5.74) is 4.27. The topological polar surface area (TPSA) is 59.6 Å². The van der Waals surface area contributed by atoms with Gasteiger partial charge < -0.3 is 19.7 Å². The van der Waals surface area contributed by atoms with Gasteiger partial charge in [0.2, 0.25) is 11.8 Å². The molecule has 1 aromatic heterocycles. The van der Waals surface area contributed by atoms with Crippen LogP contribution in [0.25, 0.3) is 10.9 Å². The number of para-hydroxylation sites is 1. The lowest BCUT2D eigenvalue weighted by Gasteiger charge is -2.47. The van der Waals surface area contributed by atoms with Crippen LogP contribution in [0.15, 0.2) is 54.6 Å². The number of benzene rings is 2. The molecule has 0 spiro atoms. The van der Waals surface area contributed by atoms with Gasteiger partial charge in [0.1, 0.15) is 6.04 Å². The molecule has 2 aromatic carbocycles. The van der Waals surface area contributed by atoms with E-state index in [0.29, 0.717) is 13.0 Å². The number of nitrogens with one attached hydrogen (secondary N) is 1. The van der Waals surface area contributed by atoms with Crippen LogP contribution in [0.2, 0.25) is 0 Å². The number of amides is 2. The first-order chi connectivity index (χ1) is 15.0. The van der Waals surface area contributed by atoms with Crippen LogP contribution in [0.4, 0.5) is 0 Å². The van der Waals surface area contributed by atoms with Gasteiger partial charge in [0.25, 0.3) is 0 Å². The molecule has 3 heterocycles. The molecule has 6 heteroatoms. The van der Waals surface area contributed by atoms with E-state index < -0.39 is 6.04 Å². The van der Waals surface area contributed by atoms with Crippen molar-refractivity contribution in [1.29, 1.82) is 0 Å². The zero-order valence-electron chi connectivity index (χ0n) is 18.0. The molecule has 0 aliphatic carbocycles. The Morgan fingerprint density at radius 3 is 2.55 bits per heavy atom. The summed E-state index contributed by atoms with van der Waals surface area (Å²) in [7, 11) is 4.05. The number of rotatable bonds is 5. The molecule has 6 nitrogen and oxygen atoms in total. The van der Waals surface area contributed by atoms with Crippen LogP contribution >= 0.6 is 0 Å². The lowest BCUT2D eigenvalue weighted by molar-refractivity contribution is -0.158. The van der Waals surface area contributed by atoms with Gasteiger partial charge in [0.05, 0.1) is 12.6 Å². The smallest absolute Gasteiger partial charge is 0.246 e. The second-order valence-electron chi connectivity index (χ2n) is 8.81. The van der Waals surface area contributed by atoms with Gasteiger partial charge in [-0.3, -0.25) is 9.59 Å². The fraction of sp³-hybridized carbons (Fsp3) is 0.360. The third-order valence-corrected chi connectivity index (χ3v) is 6.49. The fourth-order valence-corrected chi connectivity index (χ4v) is 5.07. The zero-order chi connectivity index (χ0) is 21.5. The summed E-state index contributed by atoms with van der Waals surface area (Å²) in [4.78, 5) is 36.2. The summed E-state index contributed by atoms with van der Waals surface area (Å²) in [6.45, 7) is 1.66. The van der Waals surface area contributed by atoms with E-state index >= 15 is 0 Å². The van der Waals surface area contributed by atoms with Crippen LogP contribution in [0, 0.1) is 0 Å². The summed E-state index contributed by atoms with van der Waals surface area (Å²) in [6, 6.07) is 17.5. The van der Waals surface area contributed by atoms with Crippen LogP contribution in [0.1, 0.15) is 29.3 Å². The van der Waals surface area contributed by atoms with Crippen molar-refractivity contribution < 1.29 is 9.59 Å². The van der Waals surface area contributed by atoms with Crippen molar-refractivity contribution in [3.63, 3.8) is 0 Å². The van der Waals surface area contributed by atoms with Gasteiger partial charge in [-0.05, 0) is 44.3 Å². The van der Waals surface area contributed by atoms with Crippen molar-refractivity contribution in [3.05, 3.63) is 71.4 Å². The van der Waals surface area contributed by atoms with Crippen molar-refractivity contribution in [3.8, 4) is 0 Å². The molecule has 0 bridgehead atoms. The Bertz CT molecular complexity index is 1120. The van der Waals surface area contributed by atoms with Crippen molar-refractivity contribution >= 4 is 22.7 Å². The van der Waals surface area contributed by atoms with Crippen LogP contribution in [0.3, 0.4) is 0 Å². The summed E-state index contributed by atoms with van der Waals surface area (Å²) < 4.78 is 0. The lowest BCUT2D eigenvalue weighted by atomic mass is 9.86. The monoisotopic (exact) mass is 416 g/mol. The molecular weight excluding hydrogens is 388 g/mol. The molecule has 160 valence electrons. The average Bonchev–Trinajstić information content (AvgIpc) is 3.14. The maximum Gasteiger partial charge on any atom is 0.246 e. The molecule has 1 saturated heterocycles. The largest absolute Gasteiger partial charge is 0.356 e. The van der Waals surface area contributed by atoms with Crippen LogP contribution in [0.5, 0.6) is 0 Å². The van der Waals surface area contributed by atoms with Crippen LogP contribution in [-0.2, 0) is 16.0 Å². The van der Waals surface area contributed by atoms with E-state index in [-0.39, 0.29) is 24.4 Å². The first-order valence-electron chi connectivity index (χ1n) is 10.9. The minimum absolute atomic E-state index is 0.0209. The Hall–Kier alpha value is -3.12. The van der Waals surface area contributed by atoms with E-state index in [1.807, 2.05) is 61.5 Å². The molecule has 3 aromatic rings. The van der Waals surface area contributed by atoms with Gasteiger partial charge in [0, 0.05) is 29.6 Å². The number of carbonyl (C=O) groups is 2. The Morgan fingerprint density at radius 2 is 1.77 bits per heavy atom. The van der Waals surface area contributed by atoms with Crippen molar-refractivity contribution in [2.24, 2.45) is 0 Å². The Balaban J connectivity index is 1.57. The van der Waals surface area contributed by atoms with Gasteiger partial charge in [-0.15, -0.1) is 0 Å². The van der Waals surface area contributed by atoms with Crippen molar-refractivity contribution in [1.82, 2.24) is 19.7 Å². The number of aromatic nitrogens is 1. The number of hydrogen-bond acceptors (Lipinski definition) is 3. The van der Waals surface area contributed by atoms with Gasteiger partial charge >= 0.3 is 0 Å². The van der Waals surface area contributed by atoms with Crippen molar-refractivity contribution in [2.75, 3.05) is 33.7 Å². The highest BCUT2D eigenvalue weighted by molar-refractivity contribution is 5.97. The first kappa shape index (κ1) is 19.8. The fourth-order valence-electron chi connectivity index (χ4n) is 5.07. The molecule has 1 unspecified atom stereocenters. The molecular formula is C25H28N4O2. The first-order valence-corrected chi connectivity index (χ1v) is 10.9. The zero-order valence-corrected chi connectivity index (χ0v) is 18.0. The molecule has 2 amide bonds. The number of aromatic amines is 1. The quantitative estimate of drug-likeness (QED) is 0.696. The number of nitrogens with zero attached hydrogens (tertiary/aromatic N) is 3. The minimum Gasteiger partial charge on any atom is -0.356 e. The van der Waals surface area contributed by atoms with E-state index in [9.17, 15) is 9.59 Å². The highest BCUT2D eigenvalue weighted by Crippen LogP contribution is 2.42. The summed E-state index contributed by atoms with van der Waals surface area (Å²) >= 11 is 0. The van der Waals surface area contributed by atoms with Gasteiger partial charge in [-0.1, -0.05) is 48.5 Å². The van der Waals surface area contributed by atoms with Crippen LogP contribution < -0.4 is 0 Å². The Kier molecular flexibility index (Phi) is 5.02. The molecule has 1 fully saturated rings. The molecule has 2 aliphatic rings. The second-order valence-corrected chi connectivity index (χ2v) is 8.81. The molecule has 1 N–H and O–H groups in total. The molecule has 2 atom stereocenters. The normalized spacial score (nSPS) is 21.0. The summed E-state index contributed by atoms with van der Waals surface area (Å²) in [6.07, 6.45) is 1.41. The maximum atomic E-state index is 13.5. The van der Waals surface area contributed by atoms with E-state index in [1.165, 1.54) is 0 Å². The van der Waals surface area contributed by atoms with E-state index in [1.54, 1.807) is 4.90 Å². The van der Waals surface area contributed by atoms with E-state index in [0.717, 1.165) is 40.7 Å². The standard InChI is InChI=1S/C25H28N4O2/c1-27(2)13-8-14-28-16-22(30)29-21(25(28)31)15-19-18-11-6-7-12-20(18)26-23(19)24(29)17-9-4-3-5-10-17/h3-7,9-12,21,24,26H,8,13-16H2,1-2H3/t21-,24?/m1/s1. The predicted molar refractivity (Wildman–Crippen MR) is 121 cm³/mol. The maximum absolute atomic E-state index is 13.5. The molecule has 5 rings (SSSR count). The number of H-pyrrole nitrogens is 1. The molecule has 0 saturated carbocycles. The van der Waals surface area contributed by atoms with Crippen molar-refractivity contribution in [2.45, 2.75) is 24.9 Å². The molecule has 31 heavy (non-hydrogen) atoms. The summed E-state index contributed by atoms with van der Waals surface area (Å²) in [5.74, 6) is 0.0860. The highest BCUT2D eigenvalue weighted by Gasteiger charge is 2.47. The Labute approximate surface area is 182 Å². The number of piperazine rings is 1. The van der Waals surface area contributed by atoms with E-state index in [2.05, 4.69) is 22.0 Å². The number of fused-ring (bicyclic) bond motifs is 4. The van der Waals surface area contributed by atoms with Gasteiger partial charge in [-0.2, -0.15) is 0 Å². The van der Waals surface area contributed by atoms with Gasteiger partial charge in [-0.25, -0.2) is 0 Å². The third-order valence-electron chi connectivity index (χ3n) is 6.49. The highest BCUT2D eigenvalue weighted by atomic mass is 16.2. The third kappa shape index (κ3) is 3.41. The Morgan fingerprint density at radius 1 is 1.03 bits per heavy atom. The molecule has 2 aliphatic heterocycles. The second kappa shape index (κ2) is 7.85. The molecule has 0 radical (unpaired) electrons. The average molecular weight is 417 g/mol. The minimum atomic E-state index is -0.461. The predicted octanol–water partition coefficient (Wildman–Crippen LogP) is 2.80.